The fourth-order valence-corrected chi connectivity index (χ4v) is 13.7. The van der Waals surface area contributed by atoms with Crippen LogP contribution < -0.4 is 10.6 Å². The van der Waals surface area contributed by atoms with Crippen molar-refractivity contribution in [3.8, 4) is 10.4 Å². The molecule has 4 fully saturated rings. The molecule has 2 saturated heterocycles. The third-order valence-corrected chi connectivity index (χ3v) is 18.4. The Kier molecular flexibility index (Phi) is 18.1. The van der Waals surface area contributed by atoms with Crippen molar-refractivity contribution in [3.63, 3.8) is 0 Å². The number of ether oxygens (including phenoxy) is 5. The Balaban J connectivity index is 0.766. The predicted molar refractivity (Wildman–Crippen MR) is 272 cm³/mol. The number of likely N-dealkylation sites (tertiary alicyclic amines) is 1. The number of fused-ring (bicyclic) bond motifs is 3. The second-order valence-electron chi connectivity index (χ2n) is 22.1. The number of aromatic nitrogens is 1. The molecule has 2 N–H and O–H groups in total. The highest BCUT2D eigenvalue weighted by atomic mass is 32.2. The molecule has 9 atom stereocenters. The summed E-state index contributed by atoms with van der Waals surface area (Å²) >= 11 is 2.94. The molecule has 6 unspecified atom stereocenters. The standard InChI is InChI=1S/C54H76N4O11S2/c1-34(36-11-13-37(14-12-36)47-35(2)55-33-70-47)56-49(63)42-10-9-21-58(42)50(64)48(51(3,4)5)57-44(60)31-67-26-24-65-22-23-66-25-27-68-32-46(62)71-43-29-38-28-39(59)15-19-53(38,7)41-16-18-52(6,30-40(41)43)54(8)20-17-45(61)69-54/h11-14,28,33-34,40-43,48H,9-10,15-27,29-32H2,1-8H3,(H,56,63)(H,57,60)/t34?,40?,41?,42-,43+,48?,52?,53?,54+/m0/s1. The summed E-state index contributed by atoms with van der Waals surface area (Å²) < 4.78 is 28.6. The van der Waals surface area contributed by atoms with Gasteiger partial charge in [0.2, 0.25) is 22.8 Å². The molecule has 1 aromatic carbocycles. The molecule has 0 spiro atoms. The molecule has 3 aliphatic carbocycles. The van der Waals surface area contributed by atoms with Gasteiger partial charge in [-0.05, 0) is 112 Å². The molecule has 2 aromatic rings. The van der Waals surface area contributed by atoms with Crippen LogP contribution in [0.15, 0.2) is 41.4 Å². The van der Waals surface area contributed by atoms with E-state index in [2.05, 4.69) is 36.4 Å². The molecule has 3 amide bonds. The summed E-state index contributed by atoms with van der Waals surface area (Å²) in [6.45, 7) is 17.9. The number of aryl methyl sites for hydroxylation is 1. The number of cyclic esters (lactones) is 1. The zero-order chi connectivity index (χ0) is 51.1. The van der Waals surface area contributed by atoms with Crippen LogP contribution >= 0.6 is 23.1 Å². The number of hydrogen-bond donors (Lipinski definition) is 2. The van der Waals surface area contributed by atoms with Gasteiger partial charge in [-0.3, -0.25) is 28.8 Å². The fourth-order valence-electron chi connectivity index (χ4n) is 11.7. The van der Waals surface area contributed by atoms with E-state index in [4.69, 9.17) is 23.7 Å². The number of hydrogen-bond acceptors (Lipinski definition) is 14. The van der Waals surface area contributed by atoms with Crippen LogP contribution in [0.5, 0.6) is 0 Å². The fraction of sp³-hybridized carbons (Fsp3) is 0.685. The van der Waals surface area contributed by atoms with Crippen LogP contribution in [0.1, 0.15) is 130 Å². The van der Waals surface area contributed by atoms with Crippen molar-refractivity contribution in [2.45, 2.75) is 149 Å². The largest absolute Gasteiger partial charge is 0.459 e. The molecule has 1 aromatic heterocycles. The van der Waals surface area contributed by atoms with Crippen molar-refractivity contribution in [2.24, 2.45) is 28.1 Å². The number of esters is 1. The Hall–Kier alpha value is -4.00. The number of carbonyl (C=O) groups is 6. The number of allylic oxidation sites excluding steroid dienone is 2. The molecule has 3 heterocycles. The van der Waals surface area contributed by atoms with Gasteiger partial charge in [-0.15, -0.1) is 11.3 Å². The Labute approximate surface area is 428 Å². The first kappa shape index (κ1) is 54.8. The van der Waals surface area contributed by atoms with Crippen LogP contribution in [0.2, 0.25) is 0 Å². The van der Waals surface area contributed by atoms with Gasteiger partial charge in [0, 0.05) is 30.1 Å². The van der Waals surface area contributed by atoms with Gasteiger partial charge in [0.1, 0.15) is 30.9 Å². The number of nitrogens with zero attached hydrogens (tertiary/aromatic N) is 2. The van der Waals surface area contributed by atoms with Gasteiger partial charge < -0.3 is 39.2 Å². The van der Waals surface area contributed by atoms with Gasteiger partial charge >= 0.3 is 5.97 Å². The topological polar surface area (TPSA) is 189 Å². The molecular weight excluding hydrogens is 945 g/mol. The third-order valence-electron chi connectivity index (χ3n) is 16.2. The van der Waals surface area contributed by atoms with Crippen molar-refractivity contribution < 1.29 is 52.5 Å². The van der Waals surface area contributed by atoms with E-state index in [9.17, 15) is 28.8 Å². The summed E-state index contributed by atoms with van der Waals surface area (Å²) in [5.41, 5.74) is 4.62. The second kappa shape index (κ2) is 23.5. The molecule has 15 nitrogen and oxygen atoms in total. The molecule has 2 aliphatic heterocycles. The first-order chi connectivity index (χ1) is 33.7. The molecule has 390 valence electrons. The minimum atomic E-state index is -0.867. The van der Waals surface area contributed by atoms with E-state index in [0.717, 1.165) is 47.4 Å². The first-order valence-corrected chi connectivity index (χ1v) is 27.3. The number of amides is 3. The lowest BCUT2D eigenvalue weighted by atomic mass is 9.48. The van der Waals surface area contributed by atoms with Crippen LogP contribution in [-0.4, -0.2) is 127 Å². The van der Waals surface area contributed by atoms with E-state index in [1.807, 2.05) is 70.5 Å². The maximum atomic E-state index is 14.0. The van der Waals surface area contributed by atoms with Crippen molar-refractivity contribution in [3.05, 3.63) is 52.7 Å². The van der Waals surface area contributed by atoms with Crippen molar-refractivity contribution >= 4 is 57.7 Å². The average molecular weight is 1020 g/mol. The summed E-state index contributed by atoms with van der Waals surface area (Å²) in [6, 6.07) is 6.30. The minimum absolute atomic E-state index is 0.0115. The SMILES string of the molecule is Cc1ncsc1-c1ccc(C(C)NC(=O)[C@@H]2CCCN2C(=O)C(NC(=O)COCCOCCOCCOCC(=O)S[C@@H]2CC3=CC(=O)CCC3(C)C3CCC(C)([C@@]4(C)CCC(=O)O4)CC32)C(C)(C)C)cc1. The lowest BCUT2D eigenvalue weighted by Crippen LogP contribution is -2.58. The Bertz CT molecular complexity index is 2280. The van der Waals surface area contributed by atoms with E-state index < -0.39 is 29.0 Å². The monoisotopic (exact) mass is 1020 g/mol. The number of ketones is 1. The van der Waals surface area contributed by atoms with Crippen LogP contribution in [0, 0.1) is 35.0 Å². The van der Waals surface area contributed by atoms with Gasteiger partial charge in [-0.1, -0.05) is 76.2 Å². The third kappa shape index (κ3) is 13.0. The molecule has 17 heteroatoms. The predicted octanol–water partition coefficient (Wildman–Crippen LogP) is 7.73. The van der Waals surface area contributed by atoms with Crippen molar-refractivity contribution in [1.82, 2.24) is 20.5 Å². The number of carbonyl (C=O) groups excluding carboxylic acids is 6. The molecule has 0 radical (unpaired) electrons. The van der Waals surface area contributed by atoms with Gasteiger partial charge in [0.05, 0.1) is 61.8 Å². The zero-order valence-corrected chi connectivity index (χ0v) is 44.7. The van der Waals surface area contributed by atoms with Gasteiger partial charge in [-0.25, -0.2) is 4.98 Å². The highest BCUT2D eigenvalue weighted by molar-refractivity contribution is 8.14. The van der Waals surface area contributed by atoms with Crippen LogP contribution in [0.4, 0.5) is 0 Å². The lowest BCUT2D eigenvalue weighted by Gasteiger charge is -2.59. The molecule has 0 bridgehead atoms. The summed E-state index contributed by atoms with van der Waals surface area (Å²) in [4.78, 5) is 86.0. The minimum Gasteiger partial charge on any atom is -0.459 e. The molecule has 7 rings (SSSR count). The zero-order valence-electron chi connectivity index (χ0n) is 43.1. The van der Waals surface area contributed by atoms with Gasteiger partial charge in [-0.2, -0.15) is 0 Å². The molecular formula is C54H76N4O11S2. The normalized spacial score (nSPS) is 28.3. The highest BCUT2D eigenvalue weighted by Crippen LogP contribution is 2.64. The number of thioether (sulfide) groups is 1. The second-order valence-corrected chi connectivity index (χ2v) is 24.2. The van der Waals surface area contributed by atoms with Crippen LogP contribution in [-0.2, 0) is 52.5 Å². The summed E-state index contributed by atoms with van der Waals surface area (Å²) in [7, 11) is 0. The summed E-state index contributed by atoms with van der Waals surface area (Å²) in [5.74, 6) is -0.318. The van der Waals surface area contributed by atoms with Crippen LogP contribution in [0.25, 0.3) is 10.4 Å². The van der Waals surface area contributed by atoms with Gasteiger partial charge in [0.25, 0.3) is 0 Å². The number of rotatable bonds is 21. The van der Waals surface area contributed by atoms with Crippen LogP contribution in [0.3, 0.4) is 0 Å². The van der Waals surface area contributed by atoms with Crippen molar-refractivity contribution in [1.29, 1.82) is 0 Å². The molecule has 5 aliphatic rings. The lowest BCUT2D eigenvalue weighted by molar-refractivity contribution is -0.165. The number of benzene rings is 1. The summed E-state index contributed by atoms with van der Waals surface area (Å²) in [5, 5.41) is 5.94. The highest BCUT2D eigenvalue weighted by Gasteiger charge is 2.60. The molecule has 2 saturated carbocycles. The van der Waals surface area contributed by atoms with E-state index in [1.54, 1.807) is 16.2 Å². The Morgan fingerprint density at radius 2 is 1.58 bits per heavy atom. The Morgan fingerprint density at radius 3 is 2.21 bits per heavy atom. The van der Waals surface area contributed by atoms with E-state index in [0.29, 0.717) is 64.2 Å². The van der Waals surface area contributed by atoms with Gasteiger partial charge in [0.15, 0.2) is 5.78 Å². The number of thiazole rings is 1. The first-order valence-electron chi connectivity index (χ1n) is 25.6. The average Bonchev–Trinajstić information content (AvgIpc) is 4.09. The molecule has 71 heavy (non-hydrogen) atoms. The Morgan fingerprint density at radius 1 is 0.901 bits per heavy atom. The smallest absolute Gasteiger partial charge is 0.306 e. The van der Waals surface area contributed by atoms with E-state index >= 15 is 0 Å². The van der Waals surface area contributed by atoms with E-state index in [1.165, 1.54) is 17.3 Å². The van der Waals surface area contributed by atoms with Crippen molar-refractivity contribution in [2.75, 3.05) is 59.4 Å². The maximum Gasteiger partial charge on any atom is 0.306 e. The quantitative estimate of drug-likeness (QED) is 0.0914. The maximum absolute atomic E-state index is 14.0. The summed E-state index contributed by atoms with van der Waals surface area (Å²) in [6.07, 6.45) is 9.13. The number of nitrogens with one attached hydrogen (secondary N) is 2. The van der Waals surface area contributed by atoms with E-state index in [-0.39, 0.29) is 96.4 Å².